The predicted octanol–water partition coefficient (Wildman–Crippen LogP) is -10.6. The Bertz CT molecular complexity index is 5000. The summed E-state index contributed by atoms with van der Waals surface area (Å²) in [6.45, 7) is -6.13. The quantitative estimate of drug-likeness (QED) is 0.00958. The number of nitrogens with one attached hydrogen (secondary N) is 23. The van der Waals surface area contributed by atoms with Crippen LogP contribution in [-0.2, 0) is 125 Å². The van der Waals surface area contributed by atoms with E-state index in [1.54, 1.807) is 54.6 Å². The van der Waals surface area contributed by atoms with Crippen molar-refractivity contribution in [2.45, 2.75) is 138 Å². The highest BCUT2D eigenvalue weighted by molar-refractivity contribution is 5.99. The molecule has 0 aliphatic carbocycles. The van der Waals surface area contributed by atoms with Gasteiger partial charge in [0, 0.05) is 57.7 Å². The summed E-state index contributed by atoms with van der Waals surface area (Å²) in [6.07, 6.45) is 5.00. The highest BCUT2D eigenvalue weighted by atomic mass is 16.3. The first kappa shape index (κ1) is 107. The first-order valence-corrected chi connectivity index (χ1v) is 42.5. The van der Waals surface area contributed by atoms with Gasteiger partial charge in [0.25, 0.3) is 0 Å². The lowest BCUT2D eigenvalue weighted by atomic mass is 10.0. The summed E-state index contributed by atoms with van der Waals surface area (Å²) in [6, 6.07) is 13.6. The zero-order valence-electron chi connectivity index (χ0n) is 73.5. The van der Waals surface area contributed by atoms with Gasteiger partial charge in [0.15, 0.2) is 11.9 Å². The number of phenolic OH excluding ortho intramolecular Hbond substituents is 3. The number of aromatic hydroxyl groups is 3. The zero-order valence-corrected chi connectivity index (χ0v) is 73.5. The Balaban J connectivity index is 0.987. The van der Waals surface area contributed by atoms with Crippen molar-refractivity contribution < 1.29 is 102 Å². The summed E-state index contributed by atoms with van der Waals surface area (Å²) < 4.78 is 0. The molecule has 0 fully saturated rings. The minimum atomic E-state index is -1.51. The minimum absolute atomic E-state index is 0.00571. The number of nitrogens with zero attached hydrogens (tertiary/aromatic N) is 2. The smallest absolute Gasteiger partial charge is 0.243 e. The number of unbranched alkanes of at least 4 members (excludes halogenated alkanes) is 1. The second-order valence-electron chi connectivity index (χ2n) is 30.6. The lowest BCUT2D eigenvalue weighted by Crippen LogP contribution is -2.59. The Morgan fingerprint density at radius 2 is 0.570 bits per heavy atom. The van der Waals surface area contributed by atoms with Gasteiger partial charge in [-0.25, -0.2) is 9.97 Å². The Hall–Kier alpha value is -16.4. The number of carbonyl (C=O) groups excluding carboxylic acids is 18. The van der Waals surface area contributed by atoms with Crippen LogP contribution in [0.2, 0.25) is 0 Å². The molecule has 6 aromatic rings. The molecule has 18 amide bonds. The molecule has 0 saturated carbocycles. The maximum absolute atomic E-state index is 14.4. The van der Waals surface area contributed by atoms with Crippen LogP contribution in [0.25, 0.3) is 0 Å². The van der Waals surface area contributed by atoms with E-state index in [9.17, 15) is 102 Å². The molecule has 0 spiro atoms. The maximum atomic E-state index is 14.4. The second kappa shape index (κ2) is 57.6. The molecule has 2 heterocycles. The minimum Gasteiger partial charge on any atom is -0.508 e. The van der Waals surface area contributed by atoms with Crippen molar-refractivity contribution in [2.75, 3.05) is 78.5 Å². The van der Waals surface area contributed by atoms with E-state index in [1.165, 1.54) is 73.6 Å². The molecule has 9 atom stereocenters. The third-order valence-corrected chi connectivity index (χ3v) is 19.7. The Labute approximate surface area is 772 Å². The van der Waals surface area contributed by atoms with Crippen LogP contribution in [0.15, 0.2) is 128 Å². The van der Waals surface area contributed by atoms with Crippen LogP contribution in [0.1, 0.15) is 78.6 Å². The molecule has 0 unspecified atom stereocenters. The monoisotopic (exact) mass is 1880 g/mol. The molecular weight excluding hydrogens is 1770 g/mol. The van der Waals surface area contributed by atoms with Crippen LogP contribution >= 0.6 is 0 Å². The van der Waals surface area contributed by atoms with Gasteiger partial charge in [0.2, 0.25) is 106 Å². The fourth-order valence-corrected chi connectivity index (χ4v) is 12.6. The van der Waals surface area contributed by atoms with Crippen molar-refractivity contribution in [1.82, 2.24) is 121 Å². The zero-order chi connectivity index (χ0) is 98.7. The standard InChI is InChI=1S/C84H116N30O21/c85-56(28-48-13-19-53(115)20-14-48)74(127)109-59(11-6-26-95-83(88)89)79(132)113-63(32-51-34-92-45-106-51)81(134)111-61(30-47-8-2-1-3-9-47)77(130)104-42-71(124)100-39-68(121)98-37-66(119)94-25-5-4-10-58(76(129)103-41-70(123)99-38-67(120)97-36-65(87)118)108-73(126)44-102-69(122)40-101-72(125)43-105-78(131)62(31-50-17-23-55(117)24-18-50)112-82(135)64(33-52-35-93-46-107-52)114-80(133)60(12-7-27-96-84(90)91)110-75(128)57(86)29-49-15-21-54(116)22-16-49/h1-3,8-9,13-24,34-35,45-46,56-64,115-117H,4-7,10-12,25-33,36-44,85-86H2,(H2,87,118)(H,92,106)(H,93,107)(H,94,119)(H,97,120)(H,98,121)(H,99,123)(H,100,124)(H,101,125)(H,102,122)(H,103,129)(H,104,130)(H,105,131)(H,108,126)(H,109,127)(H,110,128)(H,111,134)(H,112,135)(H,113,132)(H,114,133)(H4,88,89,95)(H4,90,91,96)/t56-,57-,58-,59-,60-,61-,62-,63-,64-/m0/s1. The van der Waals surface area contributed by atoms with E-state index in [2.05, 4.69) is 121 Å². The van der Waals surface area contributed by atoms with Crippen LogP contribution in [-0.4, -0.2) is 286 Å². The number of aromatic amines is 2. The molecule has 0 bridgehead atoms. The number of rotatable bonds is 59. The first-order chi connectivity index (χ1) is 64.4. The van der Waals surface area contributed by atoms with Gasteiger partial charge in [0.1, 0.15) is 59.5 Å². The third kappa shape index (κ3) is 43.3. The van der Waals surface area contributed by atoms with Gasteiger partial charge in [-0.1, -0.05) is 66.7 Å². The second-order valence-corrected chi connectivity index (χ2v) is 30.6. The maximum Gasteiger partial charge on any atom is 0.243 e. The van der Waals surface area contributed by atoms with Crippen molar-refractivity contribution in [3.63, 3.8) is 0 Å². The van der Waals surface area contributed by atoms with Gasteiger partial charge in [-0.3, -0.25) is 97.1 Å². The molecule has 36 N–H and O–H groups in total. The van der Waals surface area contributed by atoms with E-state index in [1.807, 2.05) is 0 Å². The molecule has 728 valence electrons. The molecular formula is C84H116N30O21. The number of primary amides is 1. The molecule has 51 nitrogen and oxygen atoms in total. The van der Waals surface area contributed by atoms with Gasteiger partial charge < -0.3 is 155 Å². The number of H-pyrrole nitrogens is 2. The van der Waals surface area contributed by atoms with Crippen LogP contribution in [0.4, 0.5) is 0 Å². The SMILES string of the molecule is N=C(N)NCCC[C@H](NC(=O)[C@@H](N)Cc1ccc(O)cc1)C(=O)N[C@@H](Cc1c[nH]cn1)C(=O)N[C@@H](Cc1ccccc1)C(=O)NCC(=O)NCC(=O)NCC(=O)NCCCC[C@H](NC(=O)CNC(=O)CNC(=O)CNC(=O)[C@H](Cc1ccc(O)cc1)NC(=O)[C@H](Cc1c[nH]cn1)NC(=O)[C@H](CCCNC(=N)N)NC(=O)[C@@H](N)Cc1ccc(O)cc1)C(=O)NCC(=O)NCC(=O)NCC(N)=O. The third-order valence-electron chi connectivity index (χ3n) is 19.7. The molecule has 0 aliphatic rings. The number of nitrogens with two attached hydrogens (primary N) is 5. The van der Waals surface area contributed by atoms with E-state index < -0.39 is 220 Å². The van der Waals surface area contributed by atoms with E-state index in [-0.39, 0.29) is 138 Å². The number of hydrogen-bond acceptors (Lipinski definition) is 27. The number of phenols is 3. The Kier molecular flexibility index (Phi) is 45.8. The number of imidazole rings is 2. The van der Waals surface area contributed by atoms with Crippen LogP contribution in [0.3, 0.4) is 0 Å². The van der Waals surface area contributed by atoms with Crippen molar-refractivity contribution >= 4 is 118 Å². The molecule has 0 aliphatic heterocycles. The molecule has 51 heteroatoms. The fraction of sp³-hybridized carbons (Fsp3) is 0.405. The normalized spacial score (nSPS) is 12.7. The molecule has 6 rings (SSSR count). The van der Waals surface area contributed by atoms with Gasteiger partial charge in [0.05, 0.1) is 95.0 Å². The first-order valence-electron chi connectivity index (χ1n) is 42.5. The predicted molar refractivity (Wildman–Crippen MR) is 481 cm³/mol. The number of guanidine groups is 2. The van der Waals surface area contributed by atoms with Gasteiger partial charge in [-0.2, -0.15) is 0 Å². The van der Waals surface area contributed by atoms with Crippen molar-refractivity contribution in [1.29, 1.82) is 10.8 Å². The van der Waals surface area contributed by atoms with Crippen LogP contribution in [0.5, 0.6) is 17.2 Å². The van der Waals surface area contributed by atoms with Crippen molar-refractivity contribution in [3.05, 3.63) is 162 Å². The molecule has 135 heavy (non-hydrogen) atoms. The summed E-state index contributed by atoms with van der Waals surface area (Å²) in [5.41, 5.74) is 31.2. The van der Waals surface area contributed by atoms with Crippen LogP contribution in [0, 0.1) is 10.8 Å². The summed E-state index contributed by atoms with van der Waals surface area (Å²) in [7, 11) is 0. The Morgan fingerprint density at radius 3 is 0.919 bits per heavy atom. The van der Waals surface area contributed by atoms with E-state index >= 15 is 0 Å². The number of aromatic nitrogens is 4. The van der Waals surface area contributed by atoms with Crippen molar-refractivity contribution in [3.8, 4) is 17.2 Å². The topological polar surface area (TPSA) is 832 Å². The van der Waals surface area contributed by atoms with E-state index in [0.29, 0.717) is 27.9 Å². The highest BCUT2D eigenvalue weighted by Crippen LogP contribution is 2.17. The molecule has 0 saturated heterocycles. The van der Waals surface area contributed by atoms with Crippen LogP contribution < -0.4 is 130 Å². The largest absolute Gasteiger partial charge is 0.508 e. The summed E-state index contributed by atoms with van der Waals surface area (Å²) in [5, 5.41) is 91.2. The molecule has 0 radical (unpaired) electrons. The number of amides is 18. The Morgan fingerprint density at radius 1 is 0.289 bits per heavy atom. The lowest BCUT2D eigenvalue weighted by Gasteiger charge is -2.26. The summed E-state index contributed by atoms with van der Waals surface area (Å²) in [5.74, 6) is -16.5. The highest BCUT2D eigenvalue weighted by Gasteiger charge is 2.35. The fourth-order valence-electron chi connectivity index (χ4n) is 12.6. The summed E-state index contributed by atoms with van der Waals surface area (Å²) >= 11 is 0. The average molecular weight is 1880 g/mol. The summed E-state index contributed by atoms with van der Waals surface area (Å²) in [4.78, 5) is 254. The van der Waals surface area contributed by atoms with Gasteiger partial charge in [-0.05, 0) is 116 Å². The number of benzene rings is 4. The molecule has 2 aromatic heterocycles. The molecule has 4 aromatic carbocycles. The van der Waals surface area contributed by atoms with E-state index in [0.717, 1.165) is 0 Å². The lowest BCUT2D eigenvalue weighted by molar-refractivity contribution is -0.134. The van der Waals surface area contributed by atoms with Crippen molar-refractivity contribution in [2.24, 2.45) is 28.7 Å². The number of hydrogen-bond donors (Lipinski definition) is 31. The average Bonchev–Trinajstić information content (AvgIpc) is 1.83. The van der Waals surface area contributed by atoms with E-state index in [4.69, 9.17) is 39.5 Å². The number of carbonyl (C=O) groups is 18. The van der Waals surface area contributed by atoms with Gasteiger partial charge in [-0.15, -0.1) is 0 Å². The van der Waals surface area contributed by atoms with Gasteiger partial charge >= 0.3 is 0 Å².